The molecule has 0 saturated heterocycles. The predicted molar refractivity (Wildman–Crippen MR) is 112 cm³/mol. The predicted octanol–water partition coefficient (Wildman–Crippen LogP) is 6.01. The van der Waals surface area contributed by atoms with E-state index < -0.39 is 0 Å². The number of halogens is 2. The van der Waals surface area contributed by atoms with Gasteiger partial charge in [0.2, 0.25) is 5.89 Å². The number of nitrogens with one attached hydrogen (secondary N) is 1. The summed E-state index contributed by atoms with van der Waals surface area (Å²) in [5.74, 6) is 0.282. The van der Waals surface area contributed by atoms with Crippen molar-refractivity contribution in [2.75, 3.05) is 5.32 Å². The Morgan fingerprint density at radius 1 is 1.04 bits per heavy atom. The second-order valence-corrected chi connectivity index (χ2v) is 7.30. The largest absolute Gasteiger partial charge is 0.436 e. The Labute approximate surface area is 168 Å². The smallest absolute Gasteiger partial charge is 0.255 e. The molecule has 0 bridgehead atoms. The Bertz CT molecular complexity index is 1120. The minimum atomic E-state index is -0.169. The fourth-order valence-corrected chi connectivity index (χ4v) is 3.35. The molecule has 1 heterocycles. The molecular weight excluding hydrogens is 463 g/mol. The van der Waals surface area contributed by atoms with Crippen molar-refractivity contribution in [2.24, 2.45) is 0 Å². The lowest BCUT2D eigenvalue weighted by atomic mass is 10.2. The van der Waals surface area contributed by atoms with Crippen molar-refractivity contribution in [2.45, 2.75) is 0 Å². The molecule has 6 heteroatoms. The van der Waals surface area contributed by atoms with E-state index in [-0.39, 0.29) is 5.91 Å². The molecular formula is C20H12ClIN2O2. The molecule has 1 amide bonds. The van der Waals surface area contributed by atoms with Crippen LogP contribution in [0.25, 0.3) is 22.6 Å². The van der Waals surface area contributed by atoms with Gasteiger partial charge in [-0.25, -0.2) is 4.98 Å². The van der Waals surface area contributed by atoms with Gasteiger partial charge in [-0.05, 0) is 71.1 Å². The van der Waals surface area contributed by atoms with Gasteiger partial charge in [0.1, 0.15) is 5.52 Å². The van der Waals surface area contributed by atoms with Gasteiger partial charge in [0.25, 0.3) is 5.91 Å². The van der Waals surface area contributed by atoms with Gasteiger partial charge in [0, 0.05) is 14.8 Å². The molecule has 4 aromatic rings. The third-order valence-corrected chi connectivity index (χ3v) is 4.84. The van der Waals surface area contributed by atoms with Gasteiger partial charge in [0.05, 0.1) is 10.6 Å². The number of oxazole rings is 1. The number of fused-ring (bicyclic) bond motifs is 1. The number of hydrogen-bond donors (Lipinski definition) is 1. The SMILES string of the molecule is O=C(Nc1ccc2oc(-c3ccccc3Cl)nc2c1)c1cccc(I)c1. The zero-order valence-corrected chi connectivity index (χ0v) is 16.3. The number of rotatable bonds is 3. The van der Waals surface area contributed by atoms with Crippen molar-refractivity contribution in [1.29, 1.82) is 0 Å². The standard InChI is InChI=1S/C20H12ClIN2O2/c21-16-7-2-1-6-15(16)20-24-17-11-14(8-9-18(17)26-20)23-19(25)12-4-3-5-13(22)10-12/h1-11H,(H,23,25). The molecule has 0 radical (unpaired) electrons. The number of nitrogens with zero attached hydrogens (tertiary/aromatic N) is 1. The van der Waals surface area contributed by atoms with Crippen LogP contribution in [0.3, 0.4) is 0 Å². The maximum absolute atomic E-state index is 12.4. The van der Waals surface area contributed by atoms with Crippen LogP contribution in [-0.2, 0) is 0 Å². The summed E-state index contributed by atoms with van der Waals surface area (Å²) < 4.78 is 6.79. The second kappa shape index (κ2) is 7.09. The number of anilines is 1. The summed E-state index contributed by atoms with van der Waals surface area (Å²) in [6.45, 7) is 0. The molecule has 0 fully saturated rings. The molecule has 0 unspecified atom stereocenters. The van der Waals surface area contributed by atoms with Crippen LogP contribution in [0.1, 0.15) is 10.4 Å². The van der Waals surface area contributed by atoms with Gasteiger partial charge in [0.15, 0.2) is 5.58 Å². The lowest BCUT2D eigenvalue weighted by molar-refractivity contribution is 0.102. The molecule has 0 aliphatic heterocycles. The van der Waals surface area contributed by atoms with E-state index in [4.69, 9.17) is 16.0 Å². The third kappa shape index (κ3) is 3.45. The molecule has 128 valence electrons. The van der Waals surface area contributed by atoms with E-state index in [1.807, 2.05) is 36.4 Å². The Morgan fingerprint density at radius 2 is 1.88 bits per heavy atom. The molecule has 3 aromatic carbocycles. The van der Waals surface area contributed by atoms with Gasteiger partial charge in [-0.1, -0.05) is 29.8 Å². The van der Waals surface area contributed by atoms with E-state index in [1.54, 1.807) is 30.3 Å². The number of carbonyl (C=O) groups is 1. The lowest BCUT2D eigenvalue weighted by Gasteiger charge is -2.05. The van der Waals surface area contributed by atoms with Gasteiger partial charge >= 0.3 is 0 Å². The van der Waals surface area contributed by atoms with Crippen molar-refractivity contribution in [3.05, 3.63) is 80.9 Å². The van der Waals surface area contributed by atoms with Gasteiger partial charge in [-0.3, -0.25) is 4.79 Å². The van der Waals surface area contributed by atoms with Crippen molar-refractivity contribution in [3.63, 3.8) is 0 Å². The van der Waals surface area contributed by atoms with Gasteiger partial charge in [-0.2, -0.15) is 0 Å². The molecule has 1 aromatic heterocycles. The normalized spacial score (nSPS) is 10.8. The number of hydrogen-bond acceptors (Lipinski definition) is 3. The Hall–Kier alpha value is -2.38. The average Bonchev–Trinajstić information content (AvgIpc) is 3.05. The maximum atomic E-state index is 12.4. The van der Waals surface area contributed by atoms with E-state index in [1.165, 1.54) is 0 Å². The summed E-state index contributed by atoms with van der Waals surface area (Å²) in [6, 6.07) is 20.1. The van der Waals surface area contributed by atoms with Crippen LogP contribution < -0.4 is 5.32 Å². The molecule has 4 nitrogen and oxygen atoms in total. The first-order valence-corrected chi connectivity index (χ1v) is 9.28. The van der Waals surface area contributed by atoms with E-state index >= 15 is 0 Å². The first-order chi connectivity index (χ1) is 12.6. The highest BCUT2D eigenvalue weighted by Crippen LogP contribution is 2.30. The number of benzene rings is 3. The summed E-state index contributed by atoms with van der Waals surface area (Å²) >= 11 is 8.39. The highest BCUT2D eigenvalue weighted by molar-refractivity contribution is 14.1. The van der Waals surface area contributed by atoms with Crippen LogP contribution in [0.5, 0.6) is 0 Å². The molecule has 4 rings (SSSR count). The first-order valence-electron chi connectivity index (χ1n) is 7.82. The lowest BCUT2D eigenvalue weighted by Crippen LogP contribution is -2.11. The quantitative estimate of drug-likeness (QED) is 0.370. The summed E-state index contributed by atoms with van der Waals surface area (Å²) in [4.78, 5) is 16.9. The highest BCUT2D eigenvalue weighted by Gasteiger charge is 2.13. The molecule has 0 spiro atoms. The molecule has 26 heavy (non-hydrogen) atoms. The zero-order valence-electron chi connectivity index (χ0n) is 13.4. The number of carbonyl (C=O) groups excluding carboxylic acids is 1. The number of aromatic nitrogens is 1. The van der Waals surface area contributed by atoms with E-state index in [0.717, 1.165) is 9.13 Å². The molecule has 0 saturated carbocycles. The van der Waals surface area contributed by atoms with Crippen molar-refractivity contribution in [1.82, 2.24) is 4.98 Å². The summed E-state index contributed by atoms with van der Waals surface area (Å²) in [5, 5.41) is 3.46. The maximum Gasteiger partial charge on any atom is 0.255 e. The summed E-state index contributed by atoms with van der Waals surface area (Å²) in [7, 11) is 0. The molecule has 0 aliphatic rings. The van der Waals surface area contributed by atoms with Crippen molar-refractivity contribution < 1.29 is 9.21 Å². The zero-order chi connectivity index (χ0) is 18.1. The molecule has 1 N–H and O–H groups in total. The number of amides is 1. The Balaban J connectivity index is 1.64. The van der Waals surface area contributed by atoms with Crippen LogP contribution in [-0.4, -0.2) is 10.9 Å². The minimum Gasteiger partial charge on any atom is -0.436 e. The van der Waals surface area contributed by atoms with Crippen LogP contribution in [0, 0.1) is 3.57 Å². The van der Waals surface area contributed by atoms with E-state index in [2.05, 4.69) is 32.9 Å². The van der Waals surface area contributed by atoms with Gasteiger partial charge in [-0.15, -0.1) is 0 Å². The van der Waals surface area contributed by atoms with Crippen LogP contribution >= 0.6 is 34.2 Å². The summed E-state index contributed by atoms with van der Waals surface area (Å²) in [5.41, 5.74) is 3.27. The fourth-order valence-electron chi connectivity index (χ4n) is 2.59. The van der Waals surface area contributed by atoms with Crippen molar-refractivity contribution in [3.8, 4) is 11.5 Å². The van der Waals surface area contributed by atoms with E-state index in [9.17, 15) is 4.79 Å². The van der Waals surface area contributed by atoms with Crippen LogP contribution in [0.2, 0.25) is 5.02 Å². The second-order valence-electron chi connectivity index (χ2n) is 5.65. The highest BCUT2D eigenvalue weighted by atomic mass is 127. The molecule has 0 atom stereocenters. The van der Waals surface area contributed by atoms with Crippen LogP contribution in [0.15, 0.2) is 71.1 Å². The Kier molecular flexibility index (Phi) is 4.65. The summed E-state index contributed by atoms with van der Waals surface area (Å²) in [6.07, 6.45) is 0. The van der Waals surface area contributed by atoms with Crippen molar-refractivity contribution >= 4 is 56.9 Å². The molecule has 0 aliphatic carbocycles. The monoisotopic (exact) mass is 474 g/mol. The third-order valence-electron chi connectivity index (χ3n) is 3.84. The first kappa shape index (κ1) is 17.1. The Morgan fingerprint density at radius 3 is 2.69 bits per heavy atom. The average molecular weight is 475 g/mol. The van der Waals surface area contributed by atoms with Gasteiger partial charge < -0.3 is 9.73 Å². The van der Waals surface area contributed by atoms with E-state index in [0.29, 0.717) is 33.3 Å². The van der Waals surface area contributed by atoms with Crippen LogP contribution in [0.4, 0.5) is 5.69 Å². The minimum absolute atomic E-state index is 0.169. The fraction of sp³-hybridized carbons (Fsp3) is 0. The topological polar surface area (TPSA) is 55.1 Å².